The van der Waals surface area contributed by atoms with Gasteiger partial charge in [-0.25, -0.2) is 4.79 Å². The van der Waals surface area contributed by atoms with Gasteiger partial charge in [-0.05, 0) is 23.8 Å². The highest BCUT2D eigenvalue weighted by Gasteiger charge is 2.22. The van der Waals surface area contributed by atoms with Crippen LogP contribution in [-0.4, -0.2) is 30.0 Å². The second-order valence-corrected chi connectivity index (χ2v) is 5.40. The molecule has 1 aromatic heterocycles. The number of rotatable bonds is 4. The predicted molar refractivity (Wildman–Crippen MR) is 79.3 cm³/mol. The maximum Gasteiger partial charge on any atom is 0.328 e. The number of amides is 1. The Hall–Kier alpha value is -1.82. The molecule has 5 nitrogen and oxygen atoms in total. The Morgan fingerprint density at radius 1 is 1.45 bits per heavy atom. The van der Waals surface area contributed by atoms with Gasteiger partial charge in [-0.1, -0.05) is 15.9 Å². The van der Waals surface area contributed by atoms with Gasteiger partial charge in [-0.2, -0.15) is 0 Å². The number of methoxy groups -OCH3 is 1. The summed E-state index contributed by atoms with van der Waals surface area (Å²) in [5, 5.41) is 3.62. The fourth-order valence-electron chi connectivity index (χ4n) is 2.12. The summed E-state index contributed by atoms with van der Waals surface area (Å²) in [5.41, 5.74) is 1.93. The van der Waals surface area contributed by atoms with Crippen molar-refractivity contribution in [2.24, 2.45) is 0 Å². The third-order valence-electron chi connectivity index (χ3n) is 3.02. The Labute approximate surface area is 124 Å². The van der Waals surface area contributed by atoms with E-state index in [1.54, 1.807) is 0 Å². The molecule has 0 aliphatic carbocycles. The number of esters is 1. The number of hydrogen-bond acceptors (Lipinski definition) is 3. The molecule has 2 N–H and O–H groups in total. The van der Waals surface area contributed by atoms with E-state index in [0.29, 0.717) is 6.42 Å². The normalized spacial score (nSPS) is 12.2. The van der Waals surface area contributed by atoms with Crippen LogP contribution in [0.2, 0.25) is 0 Å². The van der Waals surface area contributed by atoms with Crippen molar-refractivity contribution in [1.82, 2.24) is 10.3 Å². The van der Waals surface area contributed by atoms with Crippen molar-refractivity contribution in [1.29, 1.82) is 0 Å². The predicted octanol–water partition coefficient (Wildman–Crippen LogP) is 2.15. The Morgan fingerprint density at radius 2 is 2.20 bits per heavy atom. The second-order valence-electron chi connectivity index (χ2n) is 4.48. The molecule has 0 fully saturated rings. The number of fused-ring (bicyclic) bond motifs is 1. The number of ether oxygens (including phenoxy) is 1. The fraction of sp³-hybridized carbons (Fsp3) is 0.286. The highest BCUT2D eigenvalue weighted by Crippen LogP contribution is 2.23. The lowest BCUT2D eigenvalue weighted by Crippen LogP contribution is -2.41. The molecule has 0 spiro atoms. The van der Waals surface area contributed by atoms with Crippen molar-refractivity contribution < 1.29 is 14.3 Å². The van der Waals surface area contributed by atoms with Crippen molar-refractivity contribution >= 4 is 38.7 Å². The van der Waals surface area contributed by atoms with E-state index in [2.05, 4.69) is 26.2 Å². The van der Waals surface area contributed by atoms with Gasteiger partial charge in [0.25, 0.3) is 0 Å². The molecule has 0 bridgehead atoms. The Bertz CT molecular complexity index is 651. The lowest BCUT2D eigenvalue weighted by Gasteiger charge is -2.14. The van der Waals surface area contributed by atoms with Crippen LogP contribution in [0.4, 0.5) is 0 Å². The van der Waals surface area contributed by atoms with E-state index in [-0.39, 0.29) is 5.91 Å². The highest BCUT2D eigenvalue weighted by molar-refractivity contribution is 9.10. The van der Waals surface area contributed by atoms with E-state index in [1.807, 2.05) is 24.4 Å². The number of aromatic amines is 1. The van der Waals surface area contributed by atoms with E-state index in [4.69, 9.17) is 4.74 Å². The summed E-state index contributed by atoms with van der Waals surface area (Å²) in [4.78, 5) is 26.1. The van der Waals surface area contributed by atoms with Crippen LogP contribution in [0, 0.1) is 0 Å². The molecule has 1 amide bonds. The van der Waals surface area contributed by atoms with Gasteiger partial charge in [0.15, 0.2) is 0 Å². The maximum absolute atomic E-state index is 11.7. The third kappa shape index (κ3) is 3.19. The average molecular weight is 339 g/mol. The smallest absolute Gasteiger partial charge is 0.328 e. The Kier molecular flexibility index (Phi) is 4.44. The number of H-pyrrole nitrogens is 1. The molecule has 20 heavy (non-hydrogen) atoms. The van der Waals surface area contributed by atoms with Crippen LogP contribution in [0.5, 0.6) is 0 Å². The minimum absolute atomic E-state index is 0.263. The van der Waals surface area contributed by atoms with Crippen LogP contribution >= 0.6 is 15.9 Å². The Balaban J connectivity index is 2.30. The van der Waals surface area contributed by atoms with Gasteiger partial charge in [0.05, 0.1) is 7.11 Å². The van der Waals surface area contributed by atoms with Crippen molar-refractivity contribution in [2.45, 2.75) is 19.4 Å². The molecule has 0 aliphatic rings. The summed E-state index contributed by atoms with van der Waals surface area (Å²) in [5.74, 6) is -0.717. The van der Waals surface area contributed by atoms with Crippen molar-refractivity contribution in [3.8, 4) is 0 Å². The minimum Gasteiger partial charge on any atom is -0.467 e. The zero-order valence-electron chi connectivity index (χ0n) is 11.2. The molecule has 6 heteroatoms. The van der Waals surface area contributed by atoms with Gasteiger partial charge in [0.1, 0.15) is 6.04 Å². The van der Waals surface area contributed by atoms with Gasteiger partial charge >= 0.3 is 5.97 Å². The van der Waals surface area contributed by atoms with Crippen LogP contribution in [0.15, 0.2) is 28.9 Å². The van der Waals surface area contributed by atoms with Crippen LogP contribution in [0.1, 0.15) is 12.5 Å². The largest absolute Gasteiger partial charge is 0.467 e. The molecule has 0 saturated heterocycles. The molecule has 106 valence electrons. The van der Waals surface area contributed by atoms with E-state index >= 15 is 0 Å². The first-order valence-electron chi connectivity index (χ1n) is 6.11. The lowest BCUT2D eigenvalue weighted by atomic mass is 10.0. The number of nitrogens with one attached hydrogen (secondary N) is 2. The average Bonchev–Trinajstić information content (AvgIpc) is 2.79. The molecule has 1 aromatic carbocycles. The van der Waals surface area contributed by atoms with Gasteiger partial charge in [0, 0.05) is 34.9 Å². The minimum atomic E-state index is -0.685. The first-order chi connectivity index (χ1) is 9.51. The zero-order chi connectivity index (χ0) is 14.7. The molecule has 0 radical (unpaired) electrons. The quantitative estimate of drug-likeness (QED) is 0.839. The lowest BCUT2D eigenvalue weighted by molar-refractivity contribution is -0.144. The first-order valence-corrected chi connectivity index (χ1v) is 6.91. The van der Waals surface area contributed by atoms with Gasteiger partial charge in [-0.15, -0.1) is 0 Å². The van der Waals surface area contributed by atoms with E-state index < -0.39 is 12.0 Å². The Morgan fingerprint density at radius 3 is 2.85 bits per heavy atom. The third-order valence-corrected chi connectivity index (χ3v) is 3.51. The summed E-state index contributed by atoms with van der Waals surface area (Å²) < 4.78 is 5.68. The van der Waals surface area contributed by atoms with Gasteiger partial charge < -0.3 is 15.0 Å². The summed E-state index contributed by atoms with van der Waals surface area (Å²) in [7, 11) is 1.31. The number of hydrogen-bond donors (Lipinski definition) is 2. The molecule has 1 unspecified atom stereocenters. The number of halogens is 1. The number of aromatic nitrogens is 1. The SMILES string of the molecule is COC(=O)C(Cc1c[nH]c2ccc(Br)cc12)NC(C)=O. The summed E-state index contributed by atoms with van der Waals surface area (Å²) in [6, 6.07) is 5.18. The number of carbonyl (C=O) groups is 2. The van der Waals surface area contributed by atoms with Crippen LogP contribution in [0.3, 0.4) is 0 Å². The molecule has 0 aliphatic heterocycles. The highest BCUT2D eigenvalue weighted by atomic mass is 79.9. The first kappa shape index (κ1) is 14.6. The van der Waals surface area contributed by atoms with Crippen LogP contribution < -0.4 is 5.32 Å². The van der Waals surface area contributed by atoms with Crippen molar-refractivity contribution in [2.75, 3.05) is 7.11 Å². The molecule has 2 rings (SSSR count). The van der Waals surface area contributed by atoms with E-state index in [0.717, 1.165) is 20.9 Å². The van der Waals surface area contributed by atoms with Crippen LogP contribution in [0.25, 0.3) is 10.9 Å². The maximum atomic E-state index is 11.7. The standard InChI is InChI=1S/C14H15BrN2O3/c1-8(18)17-13(14(19)20-2)5-9-7-16-12-4-3-10(15)6-11(9)12/h3-4,6-7,13,16H,5H2,1-2H3,(H,17,18). The molecule has 0 saturated carbocycles. The molecule has 1 atom stereocenters. The summed E-state index contributed by atoms with van der Waals surface area (Å²) >= 11 is 3.43. The molecule has 2 aromatic rings. The number of benzene rings is 1. The van der Waals surface area contributed by atoms with Gasteiger partial charge in [0.2, 0.25) is 5.91 Å². The second kappa shape index (κ2) is 6.09. The van der Waals surface area contributed by atoms with Crippen molar-refractivity contribution in [3.63, 3.8) is 0 Å². The molecular formula is C14H15BrN2O3. The zero-order valence-corrected chi connectivity index (χ0v) is 12.8. The van der Waals surface area contributed by atoms with Crippen LogP contribution in [-0.2, 0) is 20.7 Å². The molecule has 1 heterocycles. The van der Waals surface area contributed by atoms with E-state index in [1.165, 1.54) is 14.0 Å². The summed E-state index contributed by atoms with van der Waals surface area (Å²) in [6.07, 6.45) is 2.22. The van der Waals surface area contributed by atoms with Crippen molar-refractivity contribution in [3.05, 3.63) is 34.4 Å². The monoisotopic (exact) mass is 338 g/mol. The summed E-state index contributed by atoms with van der Waals surface area (Å²) in [6.45, 7) is 1.38. The fourth-order valence-corrected chi connectivity index (χ4v) is 2.48. The number of carbonyl (C=O) groups excluding carboxylic acids is 2. The molecular weight excluding hydrogens is 324 g/mol. The topological polar surface area (TPSA) is 71.2 Å². The van der Waals surface area contributed by atoms with Gasteiger partial charge in [-0.3, -0.25) is 4.79 Å². The van der Waals surface area contributed by atoms with E-state index in [9.17, 15) is 9.59 Å².